The van der Waals surface area contributed by atoms with Crippen molar-refractivity contribution in [2.45, 2.75) is 83.5 Å². The van der Waals surface area contributed by atoms with Crippen LogP contribution in [0.5, 0.6) is 5.75 Å². The van der Waals surface area contributed by atoms with Crippen LogP contribution < -0.4 is 9.64 Å². The number of halogens is 1. The second-order valence-corrected chi connectivity index (χ2v) is 12.6. The van der Waals surface area contributed by atoms with E-state index < -0.39 is 5.97 Å². The monoisotopic (exact) mass is 596 g/mol. The number of anilines is 1. The van der Waals surface area contributed by atoms with Crippen LogP contribution in [-0.4, -0.2) is 43.2 Å². The molecule has 1 saturated heterocycles. The lowest BCUT2D eigenvalue weighted by Crippen LogP contribution is -2.42. The average molecular weight is 597 g/mol. The van der Waals surface area contributed by atoms with Gasteiger partial charge in [-0.15, -0.1) is 11.3 Å². The molecule has 41 heavy (non-hydrogen) atoms. The molecule has 1 aliphatic heterocycles. The van der Waals surface area contributed by atoms with Crippen molar-refractivity contribution < 1.29 is 19.0 Å². The van der Waals surface area contributed by atoms with E-state index in [-0.39, 0.29) is 12.2 Å². The molecule has 5 rings (SSSR count). The number of likely N-dealkylation sites (tertiary alicyclic amines) is 1. The minimum atomic E-state index is -0.440. The molecule has 0 unspecified atom stereocenters. The Kier molecular flexibility index (Phi) is 9.79. The summed E-state index contributed by atoms with van der Waals surface area (Å²) in [6, 6.07) is 10.2. The van der Waals surface area contributed by atoms with Gasteiger partial charge in [0.05, 0.1) is 12.9 Å². The van der Waals surface area contributed by atoms with E-state index in [0.29, 0.717) is 15.6 Å². The van der Waals surface area contributed by atoms with E-state index >= 15 is 0 Å². The molecule has 6 nitrogen and oxygen atoms in total. The number of nitrogens with zero attached hydrogens (tertiary/aromatic N) is 2. The molecule has 8 heteroatoms. The van der Waals surface area contributed by atoms with Crippen molar-refractivity contribution in [3.05, 3.63) is 81.7 Å². The van der Waals surface area contributed by atoms with Gasteiger partial charge in [-0.1, -0.05) is 49.2 Å². The van der Waals surface area contributed by atoms with Crippen LogP contribution in [0.1, 0.15) is 86.6 Å². The first-order valence-electron chi connectivity index (χ1n) is 14.7. The van der Waals surface area contributed by atoms with Crippen LogP contribution in [0.2, 0.25) is 5.02 Å². The maximum Gasteiger partial charge on any atom is 0.351 e. The highest BCUT2D eigenvalue weighted by Gasteiger charge is 2.29. The first-order valence-corrected chi connectivity index (χ1v) is 15.9. The highest BCUT2D eigenvalue weighted by atomic mass is 35.5. The molecule has 1 aromatic carbocycles. The number of thiophene rings is 1. The number of piperidine rings is 1. The smallest absolute Gasteiger partial charge is 0.351 e. The van der Waals surface area contributed by atoms with E-state index in [1.165, 1.54) is 49.7 Å². The number of ether oxygens (including phenoxy) is 3. The third kappa shape index (κ3) is 6.85. The van der Waals surface area contributed by atoms with Crippen LogP contribution in [0, 0.1) is 0 Å². The first kappa shape index (κ1) is 29.7. The summed E-state index contributed by atoms with van der Waals surface area (Å²) in [6.45, 7) is 10.4. The molecule has 2 heterocycles. The van der Waals surface area contributed by atoms with Gasteiger partial charge in [-0.2, -0.15) is 0 Å². The molecule has 2 fully saturated rings. The summed E-state index contributed by atoms with van der Waals surface area (Å²) in [5.41, 5.74) is 3.11. The fourth-order valence-electron chi connectivity index (χ4n) is 6.17. The van der Waals surface area contributed by atoms with Gasteiger partial charge in [0.25, 0.3) is 0 Å². The van der Waals surface area contributed by atoms with Crippen LogP contribution >= 0.6 is 22.9 Å². The van der Waals surface area contributed by atoms with Crippen molar-refractivity contribution in [1.82, 2.24) is 4.90 Å². The molecule has 2 aromatic rings. The molecule has 0 bridgehead atoms. The van der Waals surface area contributed by atoms with Crippen molar-refractivity contribution in [3.8, 4) is 5.75 Å². The number of methoxy groups -OCH3 is 1. The van der Waals surface area contributed by atoms with Gasteiger partial charge in [-0.3, -0.25) is 0 Å². The first-order chi connectivity index (χ1) is 19.9. The molecule has 1 aromatic heterocycles. The third-order valence-electron chi connectivity index (χ3n) is 8.50. The molecule has 0 amide bonds. The fraction of sp³-hybridized carbons (Fsp3) is 0.485. The van der Waals surface area contributed by atoms with Crippen LogP contribution in [0.25, 0.3) is 0 Å². The van der Waals surface area contributed by atoms with Gasteiger partial charge in [0.15, 0.2) is 4.88 Å². The Hall–Kier alpha value is -2.74. The molecule has 0 radical (unpaired) electrons. The van der Waals surface area contributed by atoms with E-state index in [0.717, 1.165) is 66.8 Å². The van der Waals surface area contributed by atoms with Crippen molar-refractivity contribution >= 4 is 33.9 Å². The van der Waals surface area contributed by atoms with Crippen LogP contribution in [0.4, 0.5) is 5.00 Å². The summed E-state index contributed by atoms with van der Waals surface area (Å²) in [5.74, 6) is 1.04. The lowest BCUT2D eigenvalue weighted by molar-refractivity contribution is 0.0324. The minimum Gasteiger partial charge on any atom is -0.495 e. The van der Waals surface area contributed by atoms with Crippen molar-refractivity contribution in [2.24, 2.45) is 0 Å². The third-order valence-corrected chi connectivity index (χ3v) is 9.94. The quantitative estimate of drug-likeness (QED) is 0.256. The lowest BCUT2D eigenvalue weighted by Gasteiger charge is -2.37. The van der Waals surface area contributed by atoms with Crippen molar-refractivity contribution in [1.29, 1.82) is 0 Å². The summed E-state index contributed by atoms with van der Waals surface area (Å²) in [5, 5.41) is 1.44. The minimum absolute atomic E-state index is 0.259. The zero-order valence-electron chi connectivity index (χ0n) is 24.4. The molecule has 0 spiro atoms. The van der Waals surface area contributed by atoms with Gasteiger partial charge in [0.1, 0.15) is 23.0 Å². The number of allylic oxidation sites excluding steroid dienone is 3. The largest absolute Gasteiger partial charge is 0.495 e. The lowest BCUT2D eigenvalue weighted by atomic mass is 10.0. The van der Waals surface area contributed by atoms with E-state index in [9.17, 15) is 4.79 Å². The van der Waals surface area contributed by atoms with Gasteiger partial charge in [-0.05, 0) is 63.7 Å². The van der Waals surface area contributed by atoms with Crippen LogP contribution in [0.15, 0.2) is 66.2 Å². The Bertz CT molecular complexity index is 1300. The maximum atomic E-state index is 12.8. The van der Waals surface area contributed by atoms with Crippen LogP contribution in [0.3, 0.4) is 0 Å². The summed E-state index contributed by atoms with van der Waals surface area (Å²) in [4.78, 5) is 17.9. The Morgan fingerprint density at radius 1 is 1.17 bits per heavy atom. The number of carbonyl (C=O) groups is 1. The van der Waals surface area contributed by atoms with E-state index in [4.69, 9.17) is 25.8 Å². The van der Waals surface area contributed by atoms with Gasteiger partial charge in [0.2, 0.25) is 0 Å². The van der Waals surface area contributed by atoms with Crippen molar-refractivity contribution in [3.63, 3.8) is 0 Å². The predicted molar refractivity (Wildman–Crippen MR) is 167 cm³/mol. The highest BCUT2D eigenvalue weighted by molar-refractivity contribution is 7.18. The Morgan fingerprint density at radius 2 is 1.90 bits per heavy atom. The molecule has 0 N–H and O–H groups in total. The van der Waals surface area contributed by atoms with E-state index in [1.807, 2.05) is 42.2 Å². The zero-order chi connectivity index (χ0) is 28.9. The number of hydrogen-bond donors (Lipinski definition) is 0. The topological polar surface area (TPSA) is 51.2 Å². The second kappa shape index (κ2) is 13.5. The zero-order valence-corrected chi connectivity index (χ0v) is 25.9. The van der Waals surface area contributed by atoms with Crippen LogP contribution in [-0.2, 0) is 9.47 Å². The summed E-state index contributed by atoms with van der Waals surface area (Å²) < 4.78 is 18.0. The van der Waals surface area contributed by atoms with Gasteiger partial charge >= 0.3 is 5.97 Å². The molecule has 2 aliphatic carbocycles. The normalized spacial score (nSPS) is 19.6. The molecular weight excluding hydrogens is 556 g/mol. The summed E-state index contributed by atoms with van der Waals surface area (Å²) in [7, 11) is 1.38. The fourth-order valence-corrected chi connectivity index (χ4v) is 7.48. The number of rotatable bonds is 10. The maximum absolute atomic E-state index is 12.8. The Morgan fingerprint density at radius 3 is 2.59 bits per heavy atom. The second-order valence-electron chi connectivity index (χ2n) is 11.2. The van der Waals surface area contributed by atoms with E-state index in [2.05, 4.69) is 24.5 Å². The highest BCUT2D eigenvalue weighted by Crippen LogP contribution is 2.42. The Labute approximate surface area is 253 Å². The number of carbonyl (C=O) groups excluding carboxylic acids is 1. The molecular formula is C33H41ClN2O4S. The SMILES string of the molecule is C=CN(C1=C(C)CCC(OC2CCN(C3CCCC3)CC2)=C1)c1cc(O[C@H](C)c2ccccc2Cl)c(C(=O)OC)s1. The van der Waals surface area contributed by atoms with Crippen molar-refractivity contribution in [2.75, 3.05) is 25.1 Å². The average Bonchev–Trinajstić information content (AvgIpc) is 3.66. The predicted octanol–water partition coefficient (Wildman–Crippen LogP) is 8.65. The Balaban J connectivity index is 1.33. The molecule has 1 saturated carbocycles. The number of esters is 1. The summed E-state index contributed by atoms with van der Waals surface area (Å²) in [6.07, 6.45) is 13.3. The van der Waals surface area contributed by atoms with Gasteiger partial charge < -0.3 is 24.0 Å². The van der Waals surface area contributed by atoms with Gasteiger partial charge in [-0.25, -0.2) is 4.79 Å². The molecule has 3 aliphatic rings. The standard InChI is InChI=1S/C33H41ClN2O4S/c1-5-36(31-21-30(32(41-31)33(37)38-4)39-23(3)27-12-8-9-13-28(27)34)29-20-26(15-14-22(29)2)40-25-16-18-35(19-17-25)24-10-6-7-11-24/h5,8-9,12-13,20-21,23-25H,1,6-7,10-11,14-19H2,2-4H3/t23-/m1/s1. The van der Waals surface area contributed by atoms with Gasteiger partial charge in [0, 0.05) is 54.1 Å². The number of hydrogen-bond acceptors (Lipinski definition) is 7. The molecule has 220 valence electrons. The number of benzene rings is 1. The molecule has 1 atom stereocenters. The van der Waals surface area contributed by atoms with E-state index in [1.54, 1.807) is 6.20 Å². The summed E-state index contributed by atoms with van der Waals surface area (Å²) >= 11 is 7.74.